The Kier molecular flexibility index (Phi) is 8.08. The molecule has 0 saturated carbocycles. The summed E-state index contributed by atoms with van der Waals surface area (Å²) in [5.41, 5.74) is 2.90. The molecule has 1 rings (SSSR count). The first-order valence-electron chi connectivity index (χ1n) is 6.61. The molecule has 0 heterocycles. The zero-order chi connectivity index (χ0) is 12.3. The van der Waals surface area contributed by atoms with Gasteiger partial charge < -0.3 is 0 Å². The summed E-state index contributed by atoms with van der Waals surface area (Å²) in [4.78, 5) is 0. The van der Waals surface area contributed by atoms with Gasteiger partial charge in [-0.15, -0.1) is 6.58 Å². The van der Waals surface area contributed by atoms with E-state index in [1.807, 2.05) is 6.08 Å². The van der Waals surface area contributed by atoms with Crippen LogP contribution in [0.3, 0.4) is 0 Å². The molecule has 1 aromatic rings. The lowest BCUT2D eigenvalue weighted by Gasteiger charge is -2.03. The molecule has 0 saturated heterocycles. The summed E-state index contributed by atoms with van der Waals surface area (Å²) in [5.74, 6) is 0. The minimum Gasteiger partial charge on any atom is -0.103 e. The predicted molar refractivity (Wildman–Crippen MR) is 80.9 cm³/mol. The minimum absolute atomic E-state index is 1.08. The molecule has 0 unspecified atom stereocenters. The van der Waals surface area contributed by atoms with Crippen molar-refractivity contribution in [3.8, 4) is 0 Å². The first kappa shape index (κ1) is 14.5. The van der Waals surface area contributed by atoms with Crippen LogP contribution in [0.5, 0.6) is 0 Å². The Hall–Kier alpha value is -0.560. The normalized spacial score (nSPS) is 10.4. The minimum atomic E-state index is 1.08. The second-order valence-electron chi connectivity index (χ2n) is 4.50. The van der Waals surface area contributed by atoms with Crippen LogP contribution in [0, 0.1) is 0 Å². The number of unbranched alkanes of at least 4 members (excludes halogenated alkanes) is 3. The van der Waals surface area contributed by atoms with Crippen LogP contribution in [0.15, 0.2) is 36.9 Å². The quantitative estimate of drug-likeness (QED) is 0.329. The SMILES string of the molecule is C=CCCc1ccc(CCCCCCBr)cc1. The van der Waals surface area contributed by atoms with Crippen molar-refractivity contribution in [3.63, 3.8) is 0 Å². The van der Waals surface area contributed by atoms with Crippen LogP contribution < -0.4 is 0 Å². The Balaban J connectivity index is 2.23. The van der Waals surface area contributed by atoms with Crippen molar-refractivity contribution in [1.82, 2.24) is 0 Å². The second-order valence-corrected chi connectivity index (χ2v) is 5.29. The highest BCUT2D eigenvalue weighted by molar-refractivity contribution is 9.09. The van der Waals surface area contributed by atoms with Gasteiger partial charge in [0.05, 0.1) is 0 Å². The Morgan fingerprint density at radius 3 is 2.06 bits per heavy atom. The fourth-order valence-electron chi connectivity index (χ4n) is 1.92. The van der Waals surface area contributed by atoms with Gasteiger partial charge in [0.25, 0.3) is 0 Å². The molecule has 1 aromatic carbocycles. The average Bonchev–Trinajstić information content (AvgIpc) is 2.37. The van der Waals surface area contributed by atoms with Crippen LogP contribution >= 0.6 is 15.9 Å². The maximum atomic E-state index is 3.75. The molecule has 17 heavy (non-hydrogen) atoms. The standard InChI is InChI=1S/C16H23Br/c1-2-3-8-15-10-12-16(13-11-15)9-6-4-5-7-14-17/h2,10-13H,1,3-9,14H2. The molecule has 0 atom stereocenters. The highest BCUT2D eigenvalue weighted by atomic mass is 79.9. The van der Waals surface area contributed by atoms with Gasteiger partial charge in [-0.1, -0.05) is 59.1 Å². The summed E-state index contributed by atoms with van der Waals surface area (Å²) in [7, 11) is 0. The van der Waals surface area contributed by atoms with Gasteiger partial charge in [-0.2, -0.15) is 0 Å². The number of benzene rings is 1. The zero-order valence-corrected chi connectivity index (χ0v) is 12.2. The Labute approximate surface area is 114 Å². The molecule has 94 valence electrons. The molecule has 0 aliphatic heterocycles. The van der Waals surface area contributed by atoms with Crippen molar-refractivity contribution < 1.29 is 0 Å². The van der Waals surface area contributed by atoms with Gasteiger partial charge in [0.1, 0.15) is 0 Å². The van der Waals surface area contributed by atoms with E-state index in [0.717, 1.165) is 18.2 Å². The van der Waals surface area contributed by atoms with Crippen LogP contribution in [0.25, 0.3) is 0 Å². The van der Waals surface area contributed by atoms with E-state index in [2.05, 4.69) is 46.8 Å². The third-order valence-corrected chi connectivity index (χ3v) is 3.57. The van der Waals surface area contributed by atoms with Crippen LogP contribution in [-0.2, 0) is 12.8 Å². The fraction of sp³-hybridized carbons (Fsp3) is 0.500. The van der Waals surface area contributed by atoms with Gasteiger partial charge in [0.15, 0.2) is 0 Å². The van der Waals surface area contributed by atoms with Crippen molar-refractivity contribution in [2.24, 2.45) is 0 Å². The van der Waals surface area contributed by atoms with E-state index in [0.29, 0.717) is 0 Å². The molecule has 1 heteroatoms. The molecule has 0 aliphatic rings. The topological polar surface area (TPSA) is 0 Å². The average molecular weight is 295 g/mol. The Morgan fingerprint density at radius 1 is 0.882 bits per heavy atom. The van der Waals surface area contributed by atoms with Crippen molar-refractivity contribution in [3.05, 3.63) is 48.0 Å². The summed E-state index contributed by atoms with van der Waals surface area (Å²) >= 11 is 3.47. The van der Waals surface area contributed by atoms with Crippen LogP contribution in [0.2, 0.25) is 0 Å². The van der Waals surface area contributed by atoms with Gasteiger partial charge in [0, 0.05) is 5.33 Å². The van der Waals surface area contributed by atoms with E-state index in [1.165, 1.54) is 43.2 Å². The predicted octanol–water partition coefficient (Wildman–Crippen LogP) is 5.30. The van der Waals surface area contributed by atoms with Crippen molar-refractivity contribution in [1.29, 1.82) is 0 Å². The lowest BCUT2D eigenvalue weighted by molar-refractivity contribution is 0.671. The molecule has 0 aliphatic carbocycles. The fourth-order valence-corrected chi connectivity index (χ4v) is 2.31. The summed E-state index contributed by atoms with van der Waals surface area (Å²) in [5, 5.41) is 1.14. The molecule has 0 nitrogen and oxygen atoms in total. The lowest BCUT2D eigenvalue weighted by atomic mass is 10.0. The Morgan fingerprint density at radius 2 is 1.47 bits per heavy atom. The number of rotatable bonds is 9. The van der Waals surface area contributed by atoms with Crippen molar-refractivity contribution >= 4 is 15.9 Å². The van der Waals surface area contributed by atoms with E-state index in [-0.39, 0.29) is 0 Å². The second kappa shape index (κ2) is 9.47. The maximum Gasteiger partial charge on any atom is 0.00313 e. The van der Waals surface area contributed by atoms with Crippen LogP contribution in [0.4, 0.5) is 0 Å². The molecule has 0 aromatic heterocycles. The van der Waals surface area contributed by atoms with Crippen molar-refractivity contribution in [2.75, 3.05) is 5.33 Å². The third-order valence-electron chi connectivity index (χ3n) is 3.01. The van der Waals surface area contributed by atoms with E-state index in [9.17, 15) is 0 Å². The smallest absolute Gasteiger partial charge is 0.00313 e. The van der Waals surface area contributed by atoms with E-state index in [1.54, 1.807) is 0 Å². The number of hydrogen-bond donors (Lipinski definition) is 0. The summed E-state index contributed by atoms with van der Waals surface area (Å²) < 4.78 is 0. The summed E-state index contributed by atoms with van der Waals surface area (Å²) in [6.45, 7) is 3.75. The van der Waals surface area contributed by atoms with Crippen LogP contribution in [-0.4, -0.2) is 5.33 Å². The number of hydrogen-bond acceptors (Lipinski definition) is 0. The largest absolute Gasteiger partial charge is 0.103 e. The molecule has 0 amide bonds. The zero-order valence-electron chi connectivity index (χ0n) is 10.6. The highest BCUT2D eigenvalue weighted by Crippen LogP contribution is 2.11. The molecule has 0 N–H and O–H groups in total. The molecule has 0 radical (unpaired) electrons. The van der Waals surface area contributed by atoms with Gasteiger partial charge in [-0.25, -0.2) is 0 Å². The molecule has 0 fully saturated rings. The van der Waals surface area contributed by atoms with Crippen molar-refractivity contribution in [2.45, 2.75) is 44.9 Å². The monoisotopic (exact) mass is 294 g/mol. The molecular formula is C16H23Br. The highest BCUT2D eigenvalue weighted by Gasteiger charge is 1.95. The molecular weight excluding hydrogens is 272 g/mol. The third kappa shape index (κ3) is 6.68. The van der Waals surface area contributed by atoms with Gasteiger partial charge in [0.2, 0.25) is 0 Å². The molecule has 0 spiro atoms. The first-order valence-corrected chi connectivity index (χ1v) is 7.73. The number of halogens is 1. The Bertz CT molecular complexity index is 300. The summed E-state index contributed by atoms with van der Waals surface area (Å²) in [6, 6.07) is 9.08. The van der Waals surface area contributed by atoms with Gasteiger partial charge in [-0.3, -0.25) is 0 Å². The summed E-state index contributed by atoms with van der Waals surface area (Å²) in [6.07, 6.45) is 10.7. The van der Waals surface area contributed by atoms with E-state index >= 15 is 0 Å². The van der Waals surface area contributed by atoms with Gasteiger partial charge in [-0.05, 0) is 43.2 Å². The van der Waals surface area contributed by atoms with Gasteiger partial charge >= 0.3 is 0 Å². The number of alkyl halides is 1. The van der Waals surface area contributed by atoms with E-state index in [4.69, 9.17) is 0 Å². The number of aryl methyl sites for hydroxylation is 2. The number of allylic oxidation sites excluding steroid dienone is 1. The lowest BCUT2D eigenvalue weighted by Crippen LogP contribution is -1.88. The van der Waals surface area contributed by atoms with Crippen LogP contribution in [0.1, 0.15) is 43.2 Å². The van der Waals surface area contributed by atoms with E-state index < -0.39 is 0 Å². The molecule has 0 bridgehead atoms. The maximum absolute atomic E-state index is 3.75. The first-order chi connectivity index (χ1) is 8.36.